The van der Waals surface area contributed by atoms with Crippen molar-refractivity contribution < 1.29 is 0 Å². The van der Waals surface area contributed by atoms with Gasteiger partial charge in [-0.3, -0.25) is 4.90 Å². The summed E-state index contributed by atoms with van der Waals surface area (Å²) in [5.41, 5.74) is 2.75. The van der Waals surface area contributed by atoms with Gasteiger partial charge in [0.1, 0.15) is 0 Å². The summed E-state index contributed by atoms with van der Waals surface area (Å²) in [6.45, 7) is 6.98. The number of hydrogen-bond donors (Lipinski definition) is 1. The van der Waals surface area contributed by atoms with Gasteiger partial charge in [0.2, 0.25) is 0 Å². The van der Waals surface area contributed by atoms with Gasteiger partial charge in [-0.25, -0.2) is 0 Å². The molecular weight excluding hydrogens is 312 g/mol. The molecule has 1 N–H and O–H groups in total. The van der Waals surface area contributed by atoms with Crippen molar-refractivity contribution in [3.8, 4) is 0 Å². The van der Waals surface area contributed by atoms with Gasteiger partial charge in [-0.2, -0.15) is 0 Å². The maximum absolute atomic E-state index is 3.70. The molecule has 0 bridgehead atoms. The quantitative estimate of drug-likeness (QED) is 0.904. The maximum atomic E-state index is 3.70. The van der Waals surface area contributed by atoms with Crippen LogP contribution in [0.3, 0.4) is 0 Å². The number of nitrogens with one attached hydrogen (secondary N) is 1. The average molecular weight is 337 g/mol. The summed E-state index contributed by atoms with van der Waals surface area (Å²) in [7, 11) is 0. The lowest BCUT2D eigenvalue weighted by molar-refractivity contribution is 0.157. The zero-order chi connectivity index (χ0) is 13.9. The number of halogens is 1. The first-order valence-corrected chi connectivity index (χ1v) is 8.72. The predicted molar refractivity (Wildman–Crippen MR) is 87.9 cm³/mol. The molecule has 2 saturated heterocycles. The molecule has 0 aliphatic carbocycles. The van der Waals surface area contributed by atoms with Gasteiger partial charge in [0, 0.05) is 17.1 Å². The average Bonchev–Trinajstić information content (AvgIpc) is 2.97. The molecule has 2 fully saturated rings. The summed E-state index contributed by atoms with van der Waals surface area (Å²) in [4.78, 5) is 2.61. The summed E-state index contributed by atoms with van der Waals surface area (Å²) in [5.74, 6) is 0.912. The van der Waals surface area contributed by atoms with Crippen molar-refractivity contribution in [2.24, 2.45) is 5.92 Å². The van der Waals surface area contributed by atoms with E-state index in [9.17, 15) is 0 Å². The van der Waals surface area contributed by atoms with Gasteiger partial charge in [0.15, 0.2) is 0 Å². The molecule has 0 radical (unpaired) electrons. The molecule has 3 heteroatoms. The number of rotatable bonds is 3. The third-order valence-electron chi connectivity index (χ3n) is 4.90. The lowest BCUT2D eigenvalue weighted by Gasteiger charge is -2.35. The minimum atomic E-state index is 0.809. The Labute approximate surface area is 131 Å². The molecule has 1 unspecified atom stereocenters. The largest absolute Gasteiger partial charge is 0.314 e. The third kappa shape index (κ3) is 3.44. The Morgan fingerprint density at radius 3 is 2.70 bits per heavy atom. The molecule has 0 amide bonds. The van der Waals surface area contributed by atoms with Gasteiger partial charge < -0.3 is 5.32 Å². The molecule has 1 aromatic rings. The molecule has 2 aliphatic heterocycles. The lowest BCUT2D eigenvalue weighted by atomic mass is 9.88. The van der Waals surface area contributed by atoms with Crippen LogP contribution < -0.4 is 5.32 Å². The standard InChI is InChI=1S/C17H25BrN2/c1-13-4-5-15(16(18)11-13)12-20-9-6-14(7-10-20)17-3-2-8-19-17/h4-5,11,14,17,19H,2-3,6-10,12H2,1H3. The minimum Gasteiger partial charge on any atom is -0.314 e. The van der Waals surface area contributed by atoms with Crippen molar-refractivity contribution in [2.75, 3.05) is 19.6 Å². The molecule has 1 atom stereocenters. The smallest absolute Gasteiger partial charge is 0.0244 e. The van der Waals surface area contributed by atoms with Crippen LogP contribution >= 0.6 is 15.9 Å². The van der Waals surface area contributed by atoms with Crippen LogP contribution in [0, 0.1) is 12.8 Å². The zero-order valence-corrected chi connectivity index (χ0v) is 14.0. The second-order valence-corrected chi connectivity index (χ2v) is 7.27. The van der Waals surface area contributed by atoms with Crippen LogP contribution in [0.15, 0.2) is 22.7 Å². The molecule has 110 valence electrons. The molecule has 0 saturated carbocycles. The van der Waals surface area contributed by atoms with Crippen LogP contribution in [-0.4, -0.2) is 30.6 Å². The normalized spacial score (nSPS) is 25.2. The fraction of sp³-hybridized carbons (Fsp3) is 0.647. The van der Waals surface area contributed by atoms with E-state index in [0.717, 1.165) is 18.5 Å². The van der Waals surface area contributed by atoms with E-state index >= 15 is 0 Å². The Morgan fingerprint density at radius 1 is 1.25 bits per heavy atom. The summed E-state index contributed by atoms with van der Waals surface area (Å²) in [5, 5.41) is 3.68. The number of likely N-dealkylation sites (tertiary alicyclic amines) is 1. The molecule has 0 spiro atoms. The Bertz CT molecular complexity index is 446. The van der Waals surface area contributed by atoms with Crippen molar-refractivity contribution in [2.45, 2.75) is 45.2 Å². The van der Waals surface area contributed by atoms with E-state index < -0.39 is 0 Å². The lowest BCUT2D eigenvalue weighted by Crippen LogP contribution is -2.40. The first-order chi connectivity index (χ1) is 9.72. The van der Waals surface area contributed by atoms with E-state index in [1.807, 2.05) is 0 Å². The van der Waals surface area contributed by atoms with Crippen LogP contribution in [0.4, 0.5) is 0 Å². The molecule has 0 aromatic heterocycles. The Kier molecular flexibility index (Phi) is 4.79. The fourth-order valence-corrected chi connectivity index (χ4v) is 4.27. The summed E-state index contributed by atoms with van der Waals surface area (Å²) in [6, 6.07) is 7.52. The maximum Gasteiger partial charge on any atom is 0.0244 e. The summed E-state index contributed by atoms with van der Waals surface area (Å²) in [6.07, 6.45) is 5.50. The van der Waals surface area contributed by atoms with E-state index in [1.165, 1.54) is 60.9 Å². The van der Waals surface area contributed by atoms with Crippen LogP contribution in [0.1, 0.15) is 36.8 Å². The molecular formula is C17H25BrN2. The van der Waals surface area contributed by atoms with Gasteiger partial charge in [0.25, 0.3) is 0 Å². The van der Waals surface area contributed by atoms with E-state index in [2.05, 4.69) is 51.3 Å². The van der Waals surface area contributed by atoms with Crippen molar-refractivity contribution in [3.63, 3.8) is 0 Å². The second-order valence-electron chi connectivity index (χ2n) is 6.41. The SMILES string of the molecule is Cc1ccc(CN2CCC(C3CCCN3)CC2)c(Br)c1. The number of benzene rings is 1. The van der Waals surface area contributed by atoms with Crippen LogP contribution in [0.5, 0.6) is 0 Å². The van der Waals surface area contributed by atoms with Gasteiger partial charge in [-0.1, -0.05) is 28.1 Å². The monoisotopic (exact) mass is 336 g/mol. The van der Waals surface area contributed by atoms with Crippen LogP contribution in [-0.2, 0) is 6.54 Å². The number of aryl methyl sites for hydroxylation is 1. The predicted octanol–water partition coefficient (Wildman–Crippen LogP) is 3.72. The van der Waals surface area contributed by atoms with Crippen molar-refractivity contribution >= 4 is 15.9 Å². The van der Waals surface area contributed by atoms with Crippen LogP contribution in [0.25, 0.3) is 0 Å². The van der Waals surface area contributed by atoms with E-state index in [4.69, 9.17) is 0 Å². The highest BCUT2D eigenvalue weighted by atomic mass is 79.9. The molecule has 2 nitrogen and oxygen atoms in total. The number of piperidine rings is 1. The number of hydrogen-bond acceptors (Lipinski definition) is 2. The van der Waals surface area contributed by atoms with E-state index in [-0.39, 0.29) is 0 Å². The van der Waals surface area contributed by atoms with Gasteiger partial charge >= 0.3 is 0 Å². The Balaban J connectivity index is 1.53. The summed E-state index contributed by atoms with van der Waals surface area (Å²) < 4.78 is 1.26. The highest BCUT2D eigenvalue weighted by Gasteiger charge is 2.28. The second kappa shape index (κ2) is 6.59. The van der Waals surface area contributed by atoms with Crippen molar-refractivity contribution in [3.05, 3.63) is 33.8 Å². The zero-order valence-electron chi connectivity index (χ0n) is 12.4. The Morgan fingerprint density at radius 2 is 2.05 bits per heavy atom. The fourth-order valence-electron chi connectivity index (χ4n) is 3.65. The van der Waals surface area contributed by atoms with Gasteiger partial charge in [0.05, 0.1) is 0 Å². The first kappa shape index (κ1) is 14.6. The third-order valence-corrected chi connectivity index (χ3v) is 5.64. The van der Waals surface area contributed by atoms with Crippen molar-refractivity contribution in [1.29, 1.82) is 0 Å². The van der Waals surface area contributed by atoms with Gasteiger partial charge in [-0.05, 0) is 75.4 Å². The number of nitrogens with zero attached hydrogens (tertiary/aromatic N) is 1. The van der Waals surface area contributed by atoms with E-state index in [0.29, 0.717) is 0 Å². The summed E-state index contributed by atoms with van der Waals surface area (Å²) >= 11 is 3.70. The van der Waals surface area contributed by atoms with Crippen molar-refractivity contribution in [1.82, 2.24) is 10.2 Å². The molecule has 2 heterocycles. The molecule has 20 heavy (non-hydrogen) atoms. The van der Waals surface area contributed by atoms with Gasteiger partial charge in [-0.15, -0.1) is 0 Å². The Hall–Kier alpha value is -0.380. The molecule has 2 aliphatic rings. The van der Waals surface area contributed by atoms with Crippen LogP contribution in [0.2, 0.25) is 0 Å². The highest BCUT2D eigenvalue weighted by molar-refractivity contribution is 9.10. The topological polar surface area (TPSA) is 15.3 Å². The molecule has 3 rings (SSSR count). The minimum absolute atomic E-state index is 0.809. The highest BCUT2D eigenvalue weighted by Crippen LogP contribution is 2.27. The van der Waals surface area contributed by atoms with E-state index in [1.54, 1.807) is 0 Å². The first-order valence-electron chi connectivity index (χ1n) is 7.93. The molecule has 1 aromatic carbocycles.